The summed E-state index contributed by atoms with van der Waals surface area (Å²) in [5.41, 5.74) is 1.58. The predicted octanol–water partition coefficient (Wildman–Crippen LogP) is 15.3. The monoisotopic (exact) mass is 1640 g/mol. The molecule has 0 unspecified atom stereocenters. The number of amides is 3. The highest BCUT2D eigenvalue weighted by Crippen LogP contribution is 2.36. The van der Waals surface area contributed by atoms with Gasteiger partial charge in [0.15, 0.2) is 5.82 Å². The normalized spacial score (nSPS) is 13.5. The van der Waals surface area contributed by atoms with Crippen LogP contribution in [0.1, 0.15) is 84.2 Å². The highest BCUT2D eigenvalue weighted by molar-refractivity contribution is 6.06. The van der Waals surface area contributed by atoms with Crippen LogP contribution in [0.2, 0.25) is 0 Å². The second-order valence-electron chi connectivity index (χ2n) is 27.3. The Labute approximate surface area is 672 Å². The highest BCUT2D eigenvalue weighted by atomic mass is 19.4. The zero-order valence-corrected chi connectivity index (χ0v) is 63.7. The van der Waals surface area contributed by atoms with E-state index in [-0.39, 0.29) is 51.6 Å². The molecule has 6 aromatic carbocycles. The number of nitrogens with zero attached hydrogens (tertiary/aromatic N) is 18. The number of halogens is 10. The van der Waals surface area contributed by atoms with Crippen LogP contribution in [0.15, 0.2) is 208 Å². The molecule has 2 aliphatic heterocycles. The summed E-state index contributed by atoms with van der Waals surface area (Å²) >= 11 is 0. The second kappa shape index (κ2) is 36.3. The third kappa shape index (κ3) is 22.2. The van der Waals surface area contributed by atoms with Gasteiger partial charge >= 0.3 is 18.5 Å². The van der Waals surface area contributed by atoms with E-state index in [4.69, 9.17) is 4.74 Å². The Balaban J connectivity index is 0.000000155. The second-order valence-corrected chi connectivity index (χ2v) is 27.3. The number of piperidine rings is 1. The first kappa shape index (κ1) is 82.7. The van der Waals surface area contributed by atoms with Gasteiger partial charge in [-0.2, -0.15) is 84.4 Å². The van der Waals surface area contributed by atoms with Crippen molar-refractivity contribution in [2.45, 2.75) is 64.7 Å². The molecule has 119 heavy (non-hydrogen) atoms. The van der Waals surface area contributed by atoms with E-state index in [0.717, 1.165) is 72.7 Å². The fraction of sp³-hybridized carbons (Fsp3) is 0.225. The maximum absolute atomic E-state index is 14.4. The molecule has 39 heteroatoms. The predicted molar refractivity (Wildman–Crippen MR) is 422 cm³/mol. The fourth-order valence-electron chi connectivity index (χ4n) is 11.9. The van der Waals surface area contributed by atoms with E-state index < -0.39 is 58.6 Å². The number of morpholine rings is 1. The van der Waals surface area contributed by atoms with Gasteiger partial charge < -0.3 is 46.9 Å². The quantitative estimate of drug-likeness (QED) is 0.0329. The molecular formula is C80H73F10N25O4. The Bertz CT molecular complexity index is 5690. The lowest BCUT2D eigenvalue weighted by molar-refractivity contribution is -0.138. The minimum Gasteiger partial charge on any atom is -0.379 e. The number of pyridine rings is 1. The summed E-state index contributed by atoms with van der Waals surface area (Å²) in [6.45, 7) is 12.5. The third-order valence-corrected chi connectivity index (χ3v) is 18.5. The summed E-state index contributed by atoms with van der Waals surface area (Å²) in [7, 11) is 0. The fourth-order valence-corrected chi connectivity index (χ4v) is 11.9. The van der Waals surface area contributed by atoms with Crippen molar-refractivity contribution in [3.8, 4) is 29.2 Å². The van der Waals surface area contributed by atoms with Crippen molar-refractivity contribution >= 4 is 81.6 Å². The lowest BCUT2D eigenvalue weighted by Gasteiger charge is -2.34. The van der Waals surface area contributed by atoms with Crippen molar-refractivity contribution in [3.05, 3.63) is 258 Å². The lowest BCUT2D eigenvalue weighted by atomic mass is 9.96. The van der Waals surface area contributed by atoms with E-state index in [1.165, 1.54) is 36.4 Å². The van der Waals surface area contributed by atoms with Gasteiger partial charge in [-0.3, -0.25) is 38.0 Å². The molecule has 15 rings (SSSR count). The Morgan fingerprint density at radius 2 is 0.840 bits per heavy atom. The number of imidazole rings is 3. The number of carbonyl (C=O) groups is 3. The van der Waals surface area contributed by atoms with Gasteiger partial charge in [0.2, 0.25) is 47.6 Å². The van der Waals surface area contributed by atoms with Gasteiger partial charge in [0, 0.05) is 145 Å². The van der Waals surface area contributed by atoms with E-state index >= 15 is 0 Å². The van der Waals surface area contributed by atoms with Gasteiger partial charge in [-0.05, 0) is 160 Å². The van der Waals surface area contributed by atoms with Crippen molar-refractivity contribution in [3.63, 3.8) is 0 Å². The number of carbonyl (C=O) groups excluding carboxylic acids is 3. The van der Waals surface area contributed by atoms with Gasteiger partial charge in [0.25, 0.3) is 17.7 Å². The van der Waals surface area contributed by atoms with E-state index in [0.29, 0.717) is 104 Å². The van der Waals surface area contributed by atoms with Crippen LogP contribution in [0.4, 0.5) is 108 Å². The van der Waals surface area contributed by atoms with Crippen LogP contribution >= 0.6 is 0 Å². The summed E-state index contributed by atoms with van der Waals surface area (Å²) in [4.78, 5) is 99.7. The first-order valence-corrected chi connectivity index (χ1v) is 36.7. The van der Waals surface area contributed by atoms with Crippen molar-refractivity contribution in [2.24, 2.45) is 0 Å². The zero-order chi connectivity index (χ0) is 84.0. The number of alkyl halides is 10. The standard InChI is InChI=1S/C27H26F4N8O.C27H28F3N9O2.C26H19F3N8O/c1-17-6-7-18(22(40)33-20-5-3-4-19(15-20)27(29,30)31)14-21(17)34-23-35-24(38-11-8-26(2,28)9-12-38)37-25(36-23)39-13-10-32-16-39;1-18-5-6-19(23(40)33-21-4-2-3-20(16-21)27(28,29)30)15-22(18)34-25-35-24(32-8-9-38-11-13-41-14-12-38)36-26(37-25)39-10-7-31-17-39;1-16-7-8-17(23(38)32-20-6-2-5-19(13-20)26(27,28)29)12-21(16)33-24-34-22(18-4-3-9-30-14-18)35-25(36-24)37-11-10-31-15-37/h3-7,10,13-16H,8-9,11-12H2,1-2H3,(H,33,40)(H,34,35,36,37);2-7,10,15-17H,8-9,11-14H2,1H3,(H,33,40)(H2,32,34,35,36,37);2-15H,1H3,(H,32,38)(H,33,34,35,36). The number of aromatic nitrogens is 16. The van der Waals surface area contributed by atoms with Crippen molar-refractivity contribution < 1.29 is 63.0 Å². The number of anilines is 11. The number of nitrogens with one attached hydrogen (secondary N) is 7. The summed E-state index contributed by atoms with van der Waals surface area (Å²) in [6.07, 6.45) is 4.92. The van der Waals surface area contributed by atoms with Crippen LogP contribution in [0.25, 0.3) is 29.2 Å². The Morgan fingerprint density at radius 1 is 0.437 bits per heavy atom. The Morgan fingerprint density at radius 3 is 1.25 bits per heavy atom. The zero-order valence-electron chi connectivity index (χ0n) is 63.7. The van der Waals surface area contributed by atoms with E-state index in [1.54, 1.807) is 150 Å². The first-order chi connectivity index (χ1) is 57.0. The SMILES string of the molecule is Cc1ccc(C(=O)Nc2cccc(C(F)(F)F)c2)cc1Nc1nc(-c2cccnc2)nc(-n2ccnc2)n1.Cc1ccc(C(=O)Nc2cccc(C(F)(F)F)c2)cc1Nc1nc(N2CCC(C)(F)CC2)nc(-n2ccnc2)n1.Cc1ccc(C(=O)Nc2cccc(C(F)(F)F)c2)cc1Nc1nc(NCCN2CCOCC2)nc(-n2ccnc2)n1. The summed E-state index contributed by atoms with van der Waals surface area (Å²) in [5.74, 6) is 0.970. The smallest absolute Gasteiger partial charge is 0.379 e. The Hall–Kier alpha value is -14.2. The molecule has 13 aromatic rings. The Kier molecular flexibility index (Phi) is 25.2. The average molecular weight is 1640 g/mol. The molecule has 0 spiro atoms. The molecule has 612 valence electrons. The maximum Gasteiger partial charge on any atom is 0.416 e. The van der Waals surface area contributed by atoms with E-state index in [9.17, 15) is 58.3 Å². The number of rotatable bonds is 21. The third-order valence-electron chi connectivity index (χ3n) is 18.5. The molecule has 9 heterocycles. The molecule has 2 saturated heterocycles. The molecule has 0 saturated carbocycles. The van der Waals surface area contributed by atoms with E-state index in [2.05, 4.69) is 107 Å². The molecule has 2 aliphatic rings. The number of hydrogen-bond acceptors (Lipinski definition) is 23. The van der Waals surface area contributed by atoms with Crippen molar-refractivity contribution in [1.29, 1.82) is 0 Å². The first-order valence-electron chi connectivity index (χ1n) is 36.7. The van der Waals surface area contributed by atoms with Gasteiger partial charge in [-0.15, -0.1) is 0 Å². The summed E-state index contributed by atoms with van der Waals surface area (Å²) < 4.78 is 142. The summed E-state index contributed by atoms with van der Waals surface area (Å²) in [6, 6.07) is 31.5. The number of benzene rings is 6. The molecular weight excluding hydrogens is 1570 g/mol. The van der Waals surface area contributed by atoms with E-state index in [1.807, 2.05) is 31.7 Å². The molecule has 0 radical (unpaired) electrons. The minimum absolute atomic E-state index is 0.0212. The molecule has 7 N–H and O–H groups in total. The number of aryl methyl sites for hydroxylation is 3. The molecule has 0 aliphatic carbocycles. The van der Waals surface area contributed by atoms with Crippen molar-refractivity contribution in [2.75, 3.05) is 94.6 Å². The molecule has 3 amide bonds. The molecule has 7 aromatic heterocycles. The van der Waals surface area contributed by atoms with Crippen LogP contribution in [0.5, 0.6) is 0 Å². The van der Waals surface area contributed by atoms with Crippen LogP contribution in [0, 0.1) is 20.8 Å². The number of ether oxygens (including phenoxy) is 1. The van der Waals surface area contributed by atoms with Crippen LogP contribution in [0.3, 0.4) is 0 Å². The van der Waals surface area contributed by atoms with Gasteiger partial charge in [0.1, 0.15) is 24.7 Å². The maximum atomic E-state index is 14.4. The molecule has 2 fully saturated rings. The van der Waals surface area contributed by atoms with Crippen LogP contribution in [-0.4, -0.2) is 159 Å². The van der Waals surface area contributed by atoms with Crippen LogP contribution in [-0.2, 0) is 23.3 Å². The topological polar surface area (TPSA) is 333 Å². The molecule has 0 atom stereocenters. The minimum atomic E-state index is -4.53. The average Bonchev–Trinajstić information content (AvgIpc) is 1.33. The van der Waals surface area contributed by atoms with Crippen LogP contribution < -0.4 is 42.1 Å². The van der Waals surface area contributed by atoms with Gasteiger partial charge in [-0.1, -0.05) is 36.4 Å². The van der Waals surface area contributed by atoms with Crippen molar-refractivity contribution in [1.82, 2.24) is 83.4 Å². The largest absolute Gasteiger partial charge is 0.416 e. The van der Waals surface area contributed by atoms with Gasteiger partial charge in [-0.25, -0.2) is 19.3 Å². The summed E-state index contributed by atoms with van der Waals surface area (Å²) in [5, 5.41) is 20.2. The lowest BCUT2D eigenvalue weighted by Crippen LogP contribution is -2.41. The molecule has 29 nitrogen and oxygen atoms in total. The highest BCUT2D eigenvalue weighted by Gasteiger charge is 2.34. The molecule has 0 bridgehead atoms. The van der Waals surface area contributed by atoms with Gasteiger partial charge in [0.05, 0.1) is 29.9 Å². The number of hydrogen-bond donors (Lipinski definition) is 7.